The van der Waals surface area contributed by atoms with E-state index >= 15 is 0 Å². The van der Waals surface area contributed by atoms with Gasteiger partial charge in [-0.1, -0.05) is 0 Å². The highest BCUT2D eigenvalue weighted by Crippen LogP contribution is 2.01. The molecule has 0 bridgehead atoms. The van der Waals surface area contributed by atoms with Crippen molar-refractivity contribution in [1.29, 1.82) is 0 Å². The summed E-state index contributed by atoms with van der Waals surface area (Å²) in [6.07, 6.45) is 7.55. The number of ether oxygens (including phenoxy) is 1. The summed E-state index contributed by atoms with van der Waals surface area (Å²) in [6.45, 7) is 4.24. The normalized spacial score (nSPS) is 11.9. The lowest BCUT2D eigenvalue weighted by molar-refractivity contribution is 0.134. The third-order valence-electron chi connectivity index (χ3n) is 2.70. The minimum absolute atomic E-state index is 0.230. The number of aromatic nitrogens is 2. The fourth-order valence-corrected chi connectivity index (χ4v) is 1.67. The van der Waals surface area contributed by atoms with E-state index in [-0.39, 0.29) is 6.04 Å². The van der Waals surface area contributed by atoms with Crippen molar-refractivity contribution in [3.8, 4) is 11.8 Å². The summed E-state index contributed by atoms with van der Waals surface area (Å²) in [5, 5.41) is 4.15. The molecule has 4 nitrogen and oxygen atoms in total. The molecule has 1 atom stereocenters. The summed E-state index contributed by atoms with van der Waals surface area (Å²) >= 11 is 0. The zero-order chi connectivity index (χ0) is 13.1. The Morgan fingerprint density at radius 1 is 1.39 bits per heavy atom. The first-order chi connectivity index (χ1) is 8.83. The van der Waals surface area contributed by atoms with Crippen LogP contribution in [0.1, 0.15) is 32.6 Å². The van der Waals surface area contributed by atoms with E-state index in [0.29, 0.717) is 0 Å². The zero-order valence-electron chi connectivity index (χ0n) is 11.1. The van der Waals surface area contributed by atoms with E-state index in [0.717, 1.165) is 45.4 Å². The first kappa shape index (κ1) is 14.7. The van der Waals surface area contributed by atoms with E-state index in [9.17, 15) is 0 Å². The summed E-state index contributed by atoms with van der Waals surface area (Å²) in [7, 11) is 0. The molecule has 1 aromatic rings. The van der Waals surface area contributed by atoms with Gasteiger partial charge in [0.05, 0.1) is 6.61 Å². The van der Waals surface area contributed by atoms with Gasteiger partial charge in [-0.15, -0.1) is 11.8 Å². The second-order valence-corrected chi connectivity index (χ2v) is 4.25. The third kappa shape index (κ3) is 7.10. The molecule has 18 heavy (non-hydrogen) atoms. The third-order valence-corrected chi connectivity index (χ3v) is 2.70. The van der Waals surface area contributed by atoms with Crippen molar-refractivity contribution < 1.29 is 4.74 Å². The molecular formula is C14H23N3O. The van der Waals surface area contributed by atoms with E-state index in [1.54, 1.807) is 6.20 Å². The second-order valence-electron chi connectivity index (χ2n) is 4.25. The maximum Gasteiger partial charge on any atom is 0.0575 e. The Balaban J connectivity index is 1.93. The number of aryl methyl sites for hydroxylation is 1. The average Bonchev–Trinajstić information content (AvgIpc) is 2.88. The number of hydrogen-bond acceptors (Lipinski definition) is 3. The number of nitrogens with two attached hydrogens (primary N) is 1. The van der Waals surface area contributed by atoms with Crippen LogP contribution in [0.15, 0.2) is 18.5 Å². The highest BCUT2D eigenvalue weighted by Gasteiger charge is 2.02. The largest absolute Gasteiger partial charge is 0.380 e. The van der Waals surface area contributed by atoms with Gasteiger partial charge in [0.1, 0.15) is 0 Å². The van der Waals surface area contributed by atoms with Crippen LogP contribution in [-0.2, 0) is 11.3 Å². The molecule has 4 heteroatoms. The number of rotatable bonds is 9. The Morgan fingerprint density at radius 2 is 2.28 bits per heavy atom. The predicted octanol–water partition coefficient (Wildman–Crippen LogP) is 1.81. The van der Waals surface area contributed by atoms with Crippen molar-refractivity contribution in [2.45, 2.75) is 45.2 Å². The first-order valence-electron chi connectivity index (χ1n) is 6.53. The SMILES string of the molecule is CC#CCCOCCCC(N)CCn1cccn1. The van der Waals surface area contributed by atoms with Crippen LogP contribution in [0.25, 0.3) is 0 Å². The van der Waals surface area contributed by atoms with Crippen LogP contribution >= 0.6 is 0 Å². The molecule has 1 aromatic heterocycles. The van der Waals surface area contributed by atoms with Gasteiger partial charge in [0.15, 0.2) is 0 Å². The van der Waals surface area contributed by atoms with Crippen LogP contribution in [0.4, 0.5) is 0 Å². The van der Waals surface area contributed by atoms with E-state index < -0.39 is 0 Å². The Bertz CT molecular complexity index is 351. The van der Waals surface area contributed by atoms with Crippen molar-refractivity contribution in [3.05, 3.63) is 18.5 Å². The Labute approximate surface area is 110 Å². The van der Waals surface area contributed by atoms with Crippen molar-refractivity contribution >= 4 is 0 Å². The molecule has 0 amide bonds. The van der Waals surface area contributed by atoms with E-state index in [2.05, 4.69) is 16.9 Å². The molecule has 0 aromatic carbocycles. The van der Waals surface area contributed by atoms with Gasteiger partial charge >= 0.3 is 0 Å². The van der Waals surface area contributed by atoms with Crippen LogP contribution in [0, 0.1) is 11.8 Å². The molecule has 1 heterocycles. The molecule has 100 valence electrons. The van der Waals surface area contributed by atoms with Gasteiger partial charge in [-0.3, -0.25) is 4.68 Å². The van der Waals surface area contributed by atoms with E-state index in [1.165, 1.54) is 0 Å². The molecule has 2 N–H and O–H groups in total. The maximum atomic E-state index is 6.03. The van der Waals surface area contributed by atoms with Crippen molar-refractivity contribution in [2.24, 2.45) is 5.73 Å². The average molecular weight is 249 g/mol. The molecule has 0 aliphatic carbocycles. The molecule has 0 radical (unpaired) electrons. The fraction of sp³-hybridized carbons (Fsp3) is 0.643. The highest BCUT2D eigenvalue weighted by molar-refractivity contribution is 4.94. The lowest BCUT2D eigenvalue weighted by Crippen LogP contribution is -2.22. The monoisotopic (exact) mass is 249 g/mol. The van der Waals surface area contributed by atoms with Crippen molar-refractivity contribution in [2.75, 3.05) is 13.2 Å². The highest BCUT2D eigenvalue weighted by atomic mass is 16.5. The van der Waals surface area contributed by atoms with Gasteiger partial charge < -0.3 is 10.5 Å². The van der Waals surface area contributed by atoms with Crippen LogP contribution < -0.4 is 5.73 Å². The quantitative estimate of drug-likeness (QED) is 0.536. The maximum absolute atomic E-state index is 6.03. The summed E-state index contributed by atoms with van der Waals surface area (Å²) in [5.74, 6) is 5.82. The summed E-state index contributed by atoms with van der Waals surface area (Å²) in [5.41, 5.74) is 6.03. The minimum atomic E-state index is 0.230. The van der Waals surface area contributed by atoms with Gasteiger partial charge in [0.2, 0.25) is 0 Å². The molecule has 0 saturated heterocycles. The Kier molecular flexibility index (Phi) is 7.94. The molecule has 1 rings (SSSR count). The summed E-state index contributed by atoms with van der Waals surface area (Å²) in [4.78, 5) is 0. The lowest BCUT2D eigenvalue weighted by Gasteiger charge is -2.11. The summed E-state index contributed by atoms with van der Waals surface area (Å²) in [6, 6.07) is 2.16. The summed E-state index contributed by atoms with van der Waals surface area (Å²) < 4.78 is 7.38. The first-order valence-corrected chi connectivity index (χ1v) is 6.53. The van der Waals surface area contributed by atoms with Gasteiger partial charge in [-0.2, -0.15) is 5.10 Å². The van der Waals surface area contributed by atoms with Crippen LogP contribution in [0.2, 0.25) is 0 Å². The molecular weight excluding hydrogens is 226 g/mol. The van der Waals surface area contributed by atoms with Crippen molar-refractivity contribution in [1.82, 2.24) is 9.78 Å². The number of hydrogen-bond donors (Lipinski definition) is 1. The standard InChI is InChI=1S/C14H23N3O/c1-2-3-4-12-18-13-5-7-14(15)8-11-17-10-6-9-16-17/h6,9-10,14H,4-5,7-8,11-13,15H2,1H3. The second kappa shape index (κ2) is 9.69. The number of nitrogens with zero attached hydrogens (tertiary/aromatic N) is 2. The lowest BCUT2D eigenvalue weighted by atomic mass is 10.1. The van der Waals surface area contributed by atoms with Crippen LogP contribution in [0.3, 0.4) is 0 Å². The van der Waals surface area contributed by atoms with Crippen LogP contribution in [-0.4, -0.2) is 29.0 Å². The molecule has 1 unspecified atom stereocenters. The molecule has 0 spiro atoms. The van der Waals surface area contributed by atoms with Gasteiger partial charge in [0.25, 0.3) is 0 Å². The van der Waals surface area contributed by atoms with E-state index in [1.807, 2.05) is 23.9 Å². The van der Waals surface area contributed by atoms with Crippen molar-refractivity contribution in [3.63, 3.8) is 0 Å². The van der Waals surface area contributed by atoms with Gasteiger partial charge in [-0.25, -0.2) is 0 Å². The van der Waals surface area contributed by atoms with Crippen LogP contribution in [0.5, 0.6) is 0 Å². The van der Waals surface area contributed by atoms with Gasteiger partial charge in [-0.05, 0) is 32.3 Å². The smallest absolute Gasteiger partial charge is 0.0575 e. The predicted molar refractivity (Wildman–Crippen MR) is 72.9 cm³/mol. The van der Waals surface area contributed by atoms with E-state index in [4.69, 9.17) is 10.5 Å². The molecule has 0 aliphatic rings. The molecule has 0 saturated carbocycles. The fourth-order valence-electron chi connectivity index (χ4n) is 1.67. The topological polar surface area (TPSA) is 53.1 Å². The Hall–Kier alpha value is -1.31. The van der Waals surface area contributed by atoms with Gasteiger partial charge in [0, 0.05) is 38.0 Å². The molecule has 0 fully saturated rings. The zero-order valence-corrected chi connectivity index (χ0v) is 11.1. The Morgan fingerprint density at radius 3 is 3.00 bits per heavy atom. The minimum Gasteiger partial charge on any atom is -0.380 e. The molecule has 0 aliphatic heterocycles.